The van der Waals surface area contributed by atoms with Gasteiger partial charge in [-0.1, -0.05) is 17.7 Å². The Bertz CT molecular complexity index is 783. The minimum atomic E-state index is -2.97. The average molecular weight is 372 g/mol. The molecule has 1 aliphatic heterocycles. The quantitative estimate of drug-likeness (QED) is 0.835. The van der Waals surface area contributed by atoms with E-state index in [-0.39, 0.29) is 23.2 Å². The summed E-state index contributed by atoms with van der Waals surface area (Å²) in [5, 5.41) is 14.0. The molecule has 0 bridgehead atoms. The summed E-state index contributed by atoms with van der Waals surface area (Å²) in [5.41, 5.74) is 0.301. The Morgan fingerprint density at radius 1 is 1.52 bits per heavy atom. The van der Waals surface area contributed by atoms with Crippen LogP contribution in [0.4, 0.5) is 8.78 Å². The Morgan fingerprint density at radius 2 is 2.32 bits per heavy atom. The van der Waals surface area contributed by atoms with Crippen LogP contribution >= 0.6 is 11.6 Å². The molecule has 3 rings (SSSR count). The second-order valence-electron chi connectivity index (χ2n) is 5.52. The topological polar surface area (TPSA) is 81.1 Å². The number of carbonyl (C=O) groups is 1. The van der Waals surface area contributed by atoms with E-state index < -0.39 is 12.7 Å². The molecule has 0 saturated carbocycles. The van der Waals surface area contributed by atoms with Gasteiger partial charge in [0.15, 0.2) is 0 Å². The zero-order valence-corrected chi connectivity index (χ0v) is 14.1. The van der Waals surface area contributed by atoms with Gasteiger partial charge in [0.1, 0.15) is 23.4 Å². The summed E-state index contributed by atoms with van der Waals surface area (Å²) in [7, 11) is 0. The Kier molecular flexibility index (Phi) is 5.14. The molecule has 1 atom stereocenters. The minimum Gasteiger partial charge on any atom is -0.434 e. The number of carbonyl (C=O) groups excluding carboxylic acids is 1. The predicted octanol–water partition coefficient (Wildman–Crippen LogP) is 1.63. The molecule has 0 radical (unpaired) electrons. The second-order valence-corrected chi connectivity index (χ2v) is 5.93. The van der Waals surface area contributed by atoms with E-state index in [2.05, 4.69) is 25.6 Å². The van der Waals surface area contributed by atoms with E-state index in [0.29, 0.717) is 18.7 Å². The van der Waals surface area contributed by atoms with Gasteiger partial charge in [0.05, 0.1) is 6.54 Å². The van der Waals surface area contributed by atoms with Crippen LogP contribution in [0.5, 0.6) is 5.75 Å². The summed E-state index contributed by atoms with van der Waals surface area (Å²) in [6.45, 7) is -0.363. The lowest BCUT2D eigenvalue weighted by molar-refractivity contribution is -0.124. The molecular weight excluding hydrogens is 356 g/mol. The first-order valence-corrected chi connectivity index (χ1v) is 7.95. The number of nitrogens with one attached hydrogen (secondary N) is 2. The number of rotatable bonds is 5. The third kappa shape index (κ3) is 3.88. The molecule has 0 aliphatic carbocycles. The van der Waals surface area contributed by atoms with Crippen molar-refractivity contribution in [1.82, 2.24) is 25.4 Å². The zero-order chi connectivity index (χ0) is 18.0. The van der Waals surface area contributed by atoms with Crippen LogP contribution in [0, 0.1) is 6.92 Å². The van der Waals surface area contributed by atoms with Crippen molar-refractivity contribution in [2.75, 3.05) is 0 Å². The van der Waals surface area contributed by atoms with Crippen molar-refractivity contribution in [3.8, 4) is 5.75 Å². The number of ether oxygens (including phenoxy) is 1. The van der Waals surface area contributed by atoms with Gasteiger partial charge in [0.25, 0.3) is 0 Å². The number of nitrogens with zero attached hydrogens (tertiary/aromatic N) is 3. The molecule has 1 aliphatic rings. The average Bonchev–Trinajstić information content (AvgIpc) is 2.94. The molecule has 7 nitrogen and oxygen atoms in total. The molecule has 1 unspecified atom stereocenters. The lowest BCUT2D eigenvalue weighted by Crippen LogP contribution is -2.49. The minimum absolute atomic E-state index is 0.0211. The number of alkyl halides is 2. The lowest BCUT2D eigenvalue weighted by atomic mass is 10.1. The van der Waals surface area contributed by atoms with Crippen molar-refractivity contribution in [3.63, 3.8) is 0 Å². The Labute approximate surface area is 147 Å². The van der Waals surface area contributed by atoms with Gasteiger partial charge in [-0.15, -0.1) is 10.2 Å². The Balaban J connectivity index is 1.66. The van der Waals surface area contributed by atoms with Gasteiger partial charge in [0, 0.05) is 23.7 Å². The molecule has 0 spiro atoms. The van der Waals surface area contributed by atoms with E-state index in [9.17, 15) is 13.6 Å². The first-order valence-electron chi connectivity index (χ1n) is 7.57. The number of aromatic nitrogens is 3. The largest absolute Gasteiger partial charge is 0.434 e. The van der Waals surface area contributed by atoms with Gasteiger partial charge in [0.2, 0.25) is 5.91 Å². The number of benzene rings is 1. The normalized spacial score (nSPS) is 16.6. The monoisotopic (exact) mass is 371 g/mol. The van der Waals surface area contributed by atoms with Gasteiger partial charge in [-0.05, 0) is 19.1 Å². The van der Waals surface area contributed by atoms with E-state index in [4.69, 9.17) is 11.6 Å². The summed E-state index contributed by atoms with van der Waals surface area (Å²) in [6.07, 6.45) is 0. The maximum absolute atomic E-state index is 12.5. The summed E-state index contributed by atoms with van der Waals surface area (Å²) >= 11 is 6.04. The van der Waals surface area contributed by atoms with Gasteiger partial charge < -0.3 is 14.6 Å². The van der Waals surface area contributed by atoms with Crippen molar-refractivity contribution >= 4 is 17.5 Å². The molecule has 2 heterocycles. The van der Waals surface area contributed by atoms with Gasteiger partial charge in [-0.25, -0.2) is 0 Å². The molecule has 1 aromatic heterocycles. The molecule has 0 fully saturated rings. The third-order valence-corrected chi connectivity index (χ3v) is 4.29. The summed E-state index contributed by atoms with van der Waals surface area (Å²) in [6, 6.07) is 3.95. The molecule has 1 aromatic carbocycles. The molecule has 0 saturated heterocycles. The second kappa shape index (κ2) is 7.32. The van der Waals surface area contributed by atoms with E-state index in [0.717, 1.165) is 11.6 Å². The van der Waals surface area contributed by atoms with E-state index in [1.807, 2.05) is 11.5 Å². The predicted molar refractivity (Wildman–Crippen MR) is 85.3 cm³/mol. The van der Waals surface area contributed by atoms with E-state index >= 15 is 0 Å². The maximum atomic E-state index is 12.5. The van der Waals surface area contributed by atoms with Crippen molar-refractivity contribution in [2.45, 2.75) is 39.2 Å². The number of halogens is 3. The Morgan fingerprint density at radius 3 is 3.08 bits per heavy atom. The fourth-order valence-electron chi connectivity index (χ4n) is 2.65. The first kappa shape index (κ1) is 17.6. The molecule has 1 amide bonds. The van der Waals surface area contributed by atoms with Crippen molar-refractivity contribution < 1.29 is 18.3 Å². The van der Waals surface area contributed by atoms with Crippen LogP contribution in [-0.2, 0) is 24.4 Å². The first-order chi connectivity index (χ1) is 12.0. The highest BCUT2D eigenvalue weighted by Gasteiger charge is 2.26. The summed E-state index contributed by atoms with van der Waals surface area (Å²) in [4.78, 5) is 12.4. The van der Waals surface area contributed by atoms with Crippen LogP contribution in [0.1, 0.15) is 17.2 Å². The molecular formula is C15H16ClF2N5O2. The fourth-order valence-corrected chi connectivity index (χ4v) is 2.88. The van der Waals surface area contributed by atoms with Gasteiger partial charge in [-0.2, -0.15) is 8.78 Å². The smallest absolute Gasteiger partial charge is 0.387 e. The lowest BCUT2D eigenvalue weighted by Gasteiger charge is -2.24. The highest BCUT2D eigenvalue weighted by atomic mass is 35.5. The number of fused-ring (bicyclic) bond motifs is 1. The van der Waals surface area contributed by atoms with Crippen LogP contribution in [0.15, 0.2) is 18.2 Å². The van der Waals surface area contributed by atoms with Gasteiger partial charge in [-0.3, -0.25) is 10.1 Å². The fraction of sp³-hybridized carbons (Fsp3) is 0.400. The van der Waals surface area contributed by atoms with Crippen LogP contribution in [0.3, 0.4) is 0 Å². The van der Waals surface area contributed by atoms with E-state index in [1.165, 1.54) is 12.1 Å². The molecule has 134 valence electrons. The van der Waals surface area contributed by atoms with Crippen molar-refractivity contribution in [1.29, 1.82) is 0 Å². The number of aryl methyl sites for hydroxylation is 1. The maximum Gasteiger partial charge on any atom is 0.387 e. The highest BCUT2D eigenvalue weighted by molar-refractivity contribution is 6.31. The van der Waals surface area contributed by atoms with Crippen LogP contribution in [-0.4, -0.2) is 33.3 Å². The summed E-state index contributed by atoms with van der Waals surface area (Å²) in [5.74, 6) is 1.16. The molecule has 2 aromatic rings. The number of amides is 1. The van der Waals surface area contributed by atoms with Crippen LogP contribution in [0.25, 0.3) is 0 Å². The van der Waals surface area contributed by atoms with Crippen LogP contribution < -0.4 is 15.4 Å². The van der Waals surface area contributed by atoms with Crippen molar-refractivity contribution in [2.24, 2.45) is 0 Å². The van der Waals surface area contributed by atoms with Crippen LogP contribution in [0.2, 0.25) is 5.02 Å². The highest BCUT2D eigenvalue weighted by Crippen LogP contribution is 2.27. The zero-order valence-electron chi connectivity index (χ0n) is 13.3. The number of hydrogen-bond acceptors (Lipinski definition) is 5. The van der Waals surface area contributed by atoms with Gasteiger partial charge >= 0.3 is 6.61 Å². The van der Waals surface area contributed by atoms with E-state index in [1.54, 1.807) is 6.07 Å². The molecule has 2 N–H and O–H groups in total. The Hall–Kier alpha value is -2.26. The molecule has 25 heavy (non-hydrogen) atoms. The third-order valence-electron chi connectivity index (χ3n) is 3.93. The number of hydrogen-bond donors (Lipinski definition) is 2. The standard InChI is InChI=1S/C15H16ClF2N5O2/c1-8-21-22-13-6-19-11(7-23(8)13)14(24)20-5-9-10(16)3-2-4-12(9)25-15(17)18/h2-4,11,15,19H,5-7H2,1H3,(H,20,24). The summed E-state index contributed by atoms with van der Waals surface area (Å²) < 4.78 is 31.3. The SMILES string of the molecule is Cc1nnc2n1CC(C(=O)NCc1c(Cl)cccc1OC(F)F)NC2. The van der Waals surface area contributed by atoms with Crippen molar-refractivity contribution in [3.05, 3.63) is 40.4 Å². The molecule has 10 heteroatoms.